The summed E-state index contributed by atoms with van der Waals surface area (Å²) >= 11 is 0. The number of hydrogen-bond acceptors (Lipinski definition) is 8. The molecule has 0 saturated carbocycles. The molecule has 0 heterocycles. The van der Waals surface area contributed by atoms with Gasteiger partial charge in [-0.3, -0.25) is 9.59 Å². The summed E-state index contributed by atoms with van der Waals surface area (Å²) in [5, 5.41) is 12.2. The minimum absolute atomic E-state index is 0.0907. The van der Waals surface area contributed by atoms with Gasteiger partial charge < -0.3 is 19.9 Å². The smallest absolute Gasteiger partial charge is 0.340 e. The zero-order chi connectivity index (χ0) is 24.6. The van der Waals surface area contributed by atoms with Crippen LogP contribution in [0.4, 0.5) is 10.1 Å². The van der Waals surface area contributed by atoms with Crippen LogP contribution in [0.2, 0.25) is 0 Å². The summed E-state index contributed by atoms with van der Waals surface area (Å²) in [7, 11) is -4.30. The molecular weight excluding hydrogens is 459 g/mol. The number of para-hydroxylation sites is 1. The molecule has 0 aliphatic heterocycles. The predicted octanol–water partition coefficient (Wildman–Crippen LogP) is 1.21. The minimum Gasteiger partial charge on any atom is -0.462 e. The molecule has 178 valence electrons. The van der Waals surface area contributed by atoms with Crippen molar-refractivity contribution in [2.75, 3.05) is 18.5 Å². The van der Waals surface area contributed by atoms with E-state index in [1.165, 1.54) is 12.1 Å². The molecule has 3 N–H and O–H groups in total. The second kappa shape index (κ2) is 11.5. The molecular formula is C21H23FN2O8S. The molecule has 2 atom stereocenters. The Hall–Kier alpha value is -3.35. The average molecular weight is 482 g/mol. The van der Waals surface area contributed by atoms with Gasteiger partial charge in [0, 0.05) is 0 Å². The molecule has 0 aliphatic rings. The first kappa shape index (κ1) is 25.9. The van der Waals surface area contributed by atoms with Gasteiger partial charge in [0.15, 0.2) is 6.61 Å². The highest BCUT2D eigenvalue weighted by molar-refractivity contribution is 7.89. The van der Waals surface area contributed by atoms with E-state index in [2.05, 4.69) is 5.32 Å². The molecule has 2 aromatic rings. The van der Waals surface area contributed by atoms with E-state index in [1.54, 1.807) is 19.1 Å². The number of ether oxygens (including phenoxy) is 2. The quantitative estimate of drug-likeness (QED) is 0.428. The Morgan fingerprint density at radius 3 is 2.30 bits per heavy atom. The van der Waals surface area contributed by atoms with Gasteiger partial charge in [-0.05, 0) is 50.2 Å². The van der Waals surface area contributed by atoms with E-state index < -0.39 is 52.4 Å². The van der Waals surface area contributed by atoms with Crippen molar-refractivity contribution >= 4 is 33.6 Å². The average Bonchev–Trinajstić information content (AvgIpc) is 2.76. The van der Waals surface area contributed by atoms with Gasteiger partial charge in [0.25, 0.3) is 5.91 Å². The third-order valence-corrected chi connectivity index (χ3v) is 5.64. The number of sulfonamides is 1. The monoisotopic (exact) mass is 482 g/mol. The fourth-order valence-electron chi connectivity index (χ4n) is 2.58. The topological polar surface area (TPSA) is 148 Å². The van der Waals surface area contributed by atoms with Crippen molar-refractivity contribution in [2.24, 2.45) is 0 Å². The summed E-state index contributed by atoms with van der Waals surface area (Å²) in [5.74, 6) is -3.35. The van der Waals surface area contributed by atoms with Crippen LogP contribution in [0.15, 0.2) is 53.4 Å². The summed E-state index contributed by atoms with van der Waals surface area (Å²) in [6.45, 7) is 2.08. The van der Waals surface area contributed by atoms with Crippen LogP contribution in [0.25, 0.3) is 0 Å². The second-order valence-corrected chi connectivity index (χ2v) is 8.43. The molecule has 0 aromatic heterocycles. The summed E-state index contributed by atoms with van der Waals surface area (Å²) in [6, 6.07) is 8.09. The van der Waals surface area contributed by atoms with Crippen LogP contribution in [0.1, 0.15) is 24.2 Å². The van der Waals surface area contributed by atoms with Crippen LogP contribution in [0, 0.1) is 5.82 Å². The van der Waals surface area contributed by atoms with Gasteiger partial charge in [-0.1, -0.05) is 12.1 Å². The SMILES string of the molecule is CCOC(=O)c1ccccc1NC(=O)COC(=O)[C@H](NS(=O)(=O)c1ccc(F)cc1)[C@H](C)O. The molecule has 33 heavy (non-hydrogen) atoms. The maximum atomic E-state index is 13.0. The lowest BCUT2D eigenvalue weighted by atomic mass is 10.2. The van der Waals surface area contributed by atoms with Crippen molar-refractivity contribution in [1.29, 1.82) is 0 Å². The predicted molar refractivity (Wildman–Crippen MR) is 114 cm³/mol. The summed E-state index contributed by atoms with van der Waals surface area (Å²) in [5.41, 5.74) is 0.217. The van der Waals surface area contributed by atoms with Crippen molar-refractivity contribution in [3.63, 3.8) is 0 Å². The first-order chi connectivity index (χ1) is 15.5. The Balaban J connectivity index is 2.03. The maximum Gasteiger partial charge on any atom is 0.340 e. The molecule has 0 saturated heterocycles. The van der Waals surface area contributed by atoms with Crippen LogP contribution in [0.5, 0.6) is 0 Å². The molecule has 0 spiro atoms. The van der Waals surface area contributed by atoms with Crippen LogP contribution >= 0.6 is 0 Å². The van der Waals surface area contributed by atoms with Gasteiger partial charge in [-0.25, -0.2) is 17.6 Å². The number of aliphatic hydroxyl groups is 1. The van der Waals surface area contributed by atoms with Crippen molar-refractivity contribution in [3.8, 4) is 0 Å². The largest absolute Gasteiger partial charge is 0.462 e. The van der Waals surface area contributed by atoms with E-state index in [0.717, 1.165) is 31.2 Å². The number of benzene rings is 2. The third kappa shape index (κ3) is 7.34. The van der Waals surface area contributed by atoms with Gasteiger partial charge in [-0.15, -0.1) is 0 Å². The number of halogens is 1. The number of carbonyl (C=O) groups is 3. The highest BCUT2D eigenvalue weighted by Crippen LogP contribution is 2.16. The lowest BCUT2D eigenvalue weighted by molar-refractivity contribution is -0.151. The molecule has 1 amide bonds. The lowest BCUT2D eigenvalue weighted by Gasteiger charge is -2.20. The van der Waals surface area contributed by atoms with E-state index in [1.807, 2.05) is 4.72 Å². The van der Waals surface area contributed by atoms with E-state index in [9.17, 15) is 32.3 Å². The van der Waals surface area contributed by atoms with Gasteiger partial charge in [-0.2, -0.15) is 4.72 Å². The second-order valence-electron chi connectivity index (χ2n) is 6.72. The zero-order valence-electron chi connectivity index (χ0n) is 17.8. The molecule has 0 radical (unpaired) electrons. The molecule has 2 aromatic carbocycles. The normalized spacial score (nSPS) is 13.0. The Bertz CT molecular complexity index is 1100. The van der Waals surface area contributed by atoms with Gasteiger partial charge in [0.1, 0.15) is 11.9 Å². The number of nitrogens with one attached hydrogen (secondary N) is 2. The summed E-state index contributed by atoms with van der Waals surface area (Å²) in [4.78, 5) is 36.2. The number of esters is 2. The highest BCUT2D eigenvalue weighted by atomic mass is 32.2. The lowest BCUT2D eigenvalue weighted by Crippen LogP contribution is -2.48. The summed E-state index contributed by atoms with van der Waals surface area (Å²) in [6.07, 6.45) is -1.51. The zero-order valence-corrected chi connectivity index (χ0v) is 18.6. The van der Waals surface area contributed by atoms with E-state index in [-0.39, 0.29) is 22.8 Å². The summed E-state index contributed by atoms with van der Waals surface area (Å²) < 4.78 is 49.6. The number of amides is 1. The molecule has 2 rings (SSSR count). The number of hydrogen-bond donors (Lipinski definition) is 3. The first-order valence-electron chi connectivity index (χ1n) is 9.73. The Morgan fingerprint density at radius 1 is 1.06 bits per heavy atom. The molecule has 0 fully saturated rings. The fourth-order valence-corrected chi connectivity index (χ4v) is 3.84. The minimum atomic E-state index is -4.30. The molecule has 0 aliphatic carbocycles. The van der Waals surface area contributed by atoms with Crippen LogP contribution in [-0.2, 0) is 29.1 Å². The standard InChI is InChI=1S/C21H23FN2O8S/c1-3-31-20(27)16-6-4-5-7-17(16)23-18(26)12-32-21(28)19(13(2)25)24-33(29,30)15-10-8-14(22)9-11-15/h4-11,13,19,24-25H,3,12H2,1-2H3,(H,23,26)/t13-,19+/m0/s1. The Morgan fingerprint density at radius 2 is 1.70 bits per heavy atom. The van der Waals surface area contributed by atoms with Crippen LogP contribution < -0.4 is 10.0 Å². The van der Waals surface area contributed by atoms with Gasteiger partial charge >= 0.3 is 11.9 Å². The fraction of sp³-hybridized carbons (Fsp3) is 0.286. The highest BCUT2D eigenvalue weighted by Gasteiger charge is 2.31. The number of anilines is 1. The number of rotatable bonds is 10. The van der Waals surface area contributed by atoms with Crippen molar-refractivity contribution < 1.29 is 41.8 Å². The van der Waals surface area contributed by atoms with Crippen LogP contribution in [0.3, 0.4) is 0 Å². The Labute approximate surface area is 189 Å². The van der Waals surface area contributed by atoms with Gasteiger partial charge in [0.05, 0.1) is 28.9 Å². The van der Waals surface area contributed by atoms with Crippen molar-refractivity contribution in [1.82, 2.24) is 4.72 Å². The van der Waals surface area contributed by atoms with E-state index in [0.29, 0.717) is 0 Å². The maximum absolute atomic E-state index is 13.0. The first-order valence-corrected chi connectivity index (χ1v) is 11.2. The molecule has 10 nitrogen and oxygen atoms in total. The third-order valence-electron chi connectivity index (χ3n) is 4.18. The molecule has 0 bridgehead atoms. The van der Waals surface area contributed by atoms with E-state index in [4.69, 9.17) is 9.47 Å². The number of carbonyl (C=O) groups excluding carboxylic acids is 3. The van der Waals surface area contributed by atoms with Crippen molar-refractivity contribution in [3.05, 3.63) is 59.9 Å². The molecule has 12 heteroatoms. The van der Waals surface area contributed by atoms with E-state index >= 15 is 0 Å². The number of aliphatic hydroxyl groups excluding tert-OH is 1. The Kier molecular flexibility index (Phi) is 9.02. The van der Waals surface area contributed by atoms with Crippen molar-refractivity contribution in [2.45, 2.75) is 30.9 Å². The van der Waals surface area contributed by atoms with Gasteiger partial charge in [0.2, 0.25) is 10.0 Å². The van der Waals surface area contributed by atoms with Crippen LogP contribution in [-0.4, -0.2) is 56.7 Å². The molecule has 0 unspecified atom stereocenters.